The maximum atomic E-state index is 13.4. The third-order valence-corrected chi connectivity index (χ3v) is 4.76. The van der Waals surface area contributed by atoms with Crippen molar-refractivity contribution in [3.63, 3.8) is 0 Å². The summed E-state index contributed by atoms with van der Waals surface area (Å²) in [5.41, 5.74) is 1.55. The van der Waals surface area contributed by atoms with Crippen molar-refractivity contribution in [3.8, 4) is 11.5 Å². The van der Waals surface area contributed by atoms with E-state index in [2.05, 4.69) is 5.32 Å². The Morgan fingerprint density at radius 2 is 1.70 bits per heavy atom. The van der Waals surface area contributed by atoms with Gasteiger partial charge in [-0.15, -0.1) is 0 Å². The van der Waals surface area contributed by atoms with Gasteiger partial charge in [-0.05, 0) is 47.9 Å². The molecule has 0 aromatic heterocycles. The molecule has 1 amide bonds. The van der Waals surface area contributed by atoms with Crippen LogP contribution in [0.15, 0.2) is 84.9 Å². The highest BCUT2D eigenvalue weighted by Gasteiger charge is 2.12. The van der Waals surface area contributed by atoms with E-state index in [4.69, 9.17) is 9.47 Å². The highest BCUT2D eigenvalue weighted by molar-refractivity contribution is 6.04. The molecule has 4 aromatic carbocycles. The number of carbonyl (C=O) groups is 1. The fourth-order valence-electron chi connectivity index (χ4n) is 3.28. The lowest BCUT2D eigenvalue weighted by Gasteiger charge is -2.13. The Kier molecular flexibility index (Phi) is 5.61. The average molecular weight is 401 g/mol. The van der Waals surface area contributed by atoms with E-state index in [1.54, 1.807) is 37.4 Å². The van der Waals surface area contributed by atoms with Gasteiger partial charge in [-0.1, -0.05) is 42.5 Å². The lowest BCUT2D eigenvalue weighted by molar-refractivity contribution is 0.102. The van der Waals surface area contributed by atoms with Crippen molar-refractivity contribution in [1.29, 1.82) is 0 Å². The molecule has 0 unspecified atom stereocenters. The summed E-state index contributed by atoms with van der Waals surface area (Å²) in [6.45, 7) is 0.234. The number of ether oxygens (including phenoxy) is 2. The molecular formula is C25H20FNO3. The molecule has 0 fully saturated rings. The first-order chi connectivity index (χ1) is 14.6. The molecule has 1 N–H and O–H groups in total. The fraction of sp³-hybridized carbons (Fsp3) is 0.0800. The Morgan fingerprint density at radius 1 is 0.900 bits per heavy atom. The minimum absolute atomic E-state index is 0.234. The largest absolute Gasteiger partial charge is 0.496 e. The monoisotopic (exact) mass is 401 g/mol. The minimum atomic E-state index is -0.410. The summed E-state index contributed by atoms with van der Waals surface area (Å²) in [5, 5.41) is 4.80. The molecule has 30 heavy (non-hydrogen) atoms. The zero-order valence-corrected chi connectivity index (χ0v) is 16.4. The van der Waals surface area contributed by atoms with Crippen molar-refractivity contribution in [3.05, 3.63) is 102 Å². The molecule has 4 rings (SSSR count). The standard InChI is InChI=1S/C25H20FNO3/c1-29-23-13-12-18(25(28)27-21-9-5-8-20(26)15-21)14-19(23)16-30-24-11-4-7-17-6-2-3-10-22(17)24/h2-15H,16H2,1H3,(H,27,28). The Labute approximate surface area is 173 Å². The summed E-state index contributed by atoms with van der Waals surface area (Å²) < 4.78 is 24.9. The average Bonchev–Trinajstić information content (AvgIpc) is 2.77. The third-order valence-electron chi connectivity index (χ3n) is 4.76. The van der Waals surface area contributed by atoms with Crippen LogP contribution in [-0.2, 0) is 6.61 Å². The maximum absolute atomic E-state index is 13.4. The molecular weight excluding hydrogens is 381 g/mol. The molecule has 4 nitrogen and oxygen atoms in total. The zero-order chi connectivity index (χ0) is 20.9. The van der Waals surface area contributed by atoms with E-state index in [9.17, 15) is 9.18 Å². The SMILES string of the molecule is COc1ccc(C(=O)Nc2cccc(F)c2)cc1COc1cccc2ccccc12. The number of hydrogen-bond acceptors (Lipinski definition) is 3. The Morgan fingerprint density at radius 3 is 2.53 bits per heavy atom. The molecule has 0 saturated heterocycles. The van der Waals surface area contributed by atoms with Gasteiger partial charge in [-0.25, -0.2) is 4.39 Å². The molecule has 150 valence electrons. The van der Waals surface area contributed by atoms with Crippen LogP contribution < -0.4 is 14.8 Å². The van der Waals surface area contributed by atoms with Gasteiger partial charge in [0.25, 0.3) is 5.91 Å². The number of hydrogen-bond donors (Lipinski definition) is 1. The number of nitrogens with one attached hydrogen (secondary N) is 1. The number of anilines is 1. The molecule has 0 bridgehead atoms. The fourth-order valence-corrected chi connectivity index (χ4v) is 3.28. The van der Waals surface area contributed by atoms with Crippen LogP contribution >= 0.6 is 0 Å². The summed E-state index contributed by atoms with van der Waals surface area (Å²) in [6, 6.07) is 24.7. The van der Waals surface area contributed by atoms with Gasteiger partial charge in [0.05, 0.1) is 7.11 Å². The van der Waals surface area contributed by atoms with Crippen LogP contribution in [0.4, 0.5) is 10.1 Å². The van der Waals surface area contributed by atoms with Crippen molar-refractivity contribution >= 4 is 22.4 Å². The summed E-state index contributed by atoms with van der Waals surface area (Å²) in [4.78, 5) is 12.6. The van der Waals surface area contributed by atoms with Crippen LogP contribution in [0.5, 0.6) is 11.5 Å². The Bertz CT molecular complexity index is 1200. The zero-order valence-electron chi connectivity index (χ0n) is 16.4. The van der Waals surface area contributed by atoms with Crippen LogP contribution in [-0.4, -0.2) is 13.0 Å². The molecule has 0 aliphatic rings. The summed E-state index contributed by atoms with van der Waals surface area (Å²) in [5.74, 6) is 0.628. The van der Waals surface area contributed by atoms with Gasteiger partial charge in [0.2, 0.25) is 0 Å². The quantitative estimate of drug-likeness (QED) is 0.443. The first kappa shape index (κ1) is 19.5. The molecule has 0 radical (unpaired) electrons. The highest BCUT2D eigenvalue weighted by atomic mass is 19.1. The molecule has 4 aromatic rings. The Balaban J connectivity index is 1.56. The molecule has 0 heterocycles. The van der Waals surface area contributed by atoms with Gasteiger partial charge in [-0.2, -0.15) is 0 Å². The van der Waals surface area contributed by atoms with Crippen LogP contribution in [0.1, 0.15) is 15.9 Å². The van der Waals surface area contributed by atoms with Crippen molar-refractivity contribution < 1.29 is 18.7 Å². The summed E-state index contributed by atoms with van der Waals surface area (Å²) >= 11 is 0. The molecule has 0 aliphatic heterocycles. The van der Waals surface area contributed by atoms with Crippen molar-refractivity contribution in [2.24, 2.45) is 0 Å². The van der Waals surface area contributed by atoms with E-state index in [0.717, 1.165) is 22.1 Å². The van der Waals surface area contributed by atoms with Crippen LogP contribution in [0.3, 0.4) is 0 Å². The van der Waals surface area contributed by atoms with Crippen molar-refractivity contribution in [1.82, 2.24) is 0 Å². The number of methoxy groups -OCH3 is 1. The van der Waals surface area contributed by atoms with E-state index < -0.39 is 5.82 Å². The Hall–Kier alpha value is -3.86. The number of benzene rings is 4. The van der Waals surface area contributed by atoms with Gasteiger partial charge in [-0.3, -0.25) is 4.79 Å². The summed E-state index contributed by atoms with van der Waals surface area (Å²) in [7, 11) is 1.57. The minimum Gasteiger partial charge on any atom is -0.496 e. The van der Waals surface area contributed by atoms with Crippen LogP contribution in [0.2, 0.25) is 0 Å². The van der Waals surface area contributed by atoms with Crippen molar-refractivity contribution in [2.75, 3.05) is 12.4 Å². The maximum Gasteiger partial charge on any atom is 0.255 e. The first-order valence-corrected chi connectivity index (χ1v) is 9.48. The molecule has 0 atom stereocenters. The molecule has 0 saturated carbocycles. The van der Waals surface area contributed by atoms with E-state index >= 15 is 0 Å². The predicted molar refractivity (Wildman–Crippen MR) is 116 cm³/mol. The van der Waals surface area contributed by atoms with E-state index in [0.29, 0.717) is 17.0 Å². The smallest absolute Gasteiger partial charge is 0.255 e. The normalized spacial score (nSPS) is 10.6. The van der Waals surface area contributed by atoms with Crippen LogP contribution in [0.25, 0.3) is 10.8 Å². The topological polar surface area (TPSA) is 47.6 Å². The van der Waals surface area contributed by atoms with Gasteiger partial charge < -0.3 is 14.8 Å². The molecule has 5 heteroatoms. The number of fused-ring (bicyclic) bond motifs is 1. The lowest BCUT2D eigenvalue weighted by Crippen LogP contribution is -2.13. The summed E-state index contributed by atoms with van der Waals surface area (Å²) in [6.07, 6.45) is 0. The second-order valence-electron chi connectivity index (χ2n) is 6.76. The van der Waals surface area contributed by atoms with E-state index in [-0.39, 0.29) is 12.5 Å². The molecule has 0 spiro atoms. The van der Waals surface area contributed by atoms with Gasteiger partial charge in [0.15, 0.2) is 0 Å². The lowest BCUT2D eigenvalue weighted by atomic mass is 10.1. The second kappa shape index (κ2) is 8.66. The number of halogens is 1. The van der Waals surface area contributed by atoms with Crippen molar-refractivity contribution in [2.45, 2.75) is 6.61 Å². The number of carbonyl (C=O) groups excluding carboxylic acids is 1. The van der Waals surface area contributed by atoms with Gasteiger partial charge in [0.1, 0.15) is 23.9 Å². The number of rotatable bonds is 6. The molecule has 0 aliphatic carbocycles. The third kappa shape index (κ3) is 4.25. The van der Waals surface area contributed by atoms with E-state index in [1.165, 1.54) is 12.1 Å². The highest BCUT2D eigenvalue weighted by Crippen LogP contribution is 2.28. The first-order valence-electron chi connectivity index (χ1n) is 9.48. The number of amides is 1. The van der Waals surface area contributed by atoms with Gasteiger partial charge >= 0.3 is 0 Å². The van der Waals surface area contributed by atoms with E-state index in [1.807, 2.05) is 42.5 Å². The van der Waals surface area contributed by atoms with Gasteiger partial charge in [0, 0.05) is 22.2 Å². The van der Waals surface area contributed by atoms with Crippen LogP contribution in [0, 0.1) is 5.82 Å². The predicted octanol–water partition coefficient (Wildman–Crippen LogP) is 5.82. The second-order valence-corrected chi connectivity index (χ2v) is 6.76.